The van der Waals surface area contributed by atoms with Gasteiger partial charge in [0.25, 0.3) is 0 Å². The SMILES string of the molecule is [2H]c1c([2H])c([2H])c2c(sc3c(-c4cccc(-c5ncnc6c5oc5ccc(-c7c([2H])c([2H])c8c([2H])c([2H])c([2H])c([2H])c8c7[2H])cc56)c4)c([2H])c([2H])c([2H])c32)c1[2H]. The first-order valence-electron chi connectivity index (χ1n) is 19.8. The number of furan rings is 1. The van der Waals surface area contributed by atoms with Crippen LogP contribution in [0.3, 0.4) is 0 Å². The summed E-state index contributed by atoms with van der Waals surface area (Å²) >= 11 is 1.04. The molecular weight excluding hydrogens is 532 g/mol. The van der Waals surface area contributed by atoms with E-state index >= 15 is 0 Å². The van der Waals surface area contributed by atoms with Gasteiger partial charge in [-0.1, -0.05) is 96.8 Å². The van der Waals surface area contributed by atoms with Crippen LogP contribution < -0.4 is 0 Å². The minimum atomic E-state index is -0.549. The second-order valence-corrected chi connectivity index (χ2v) is 10.6. The van der Waals surface area contributed by atoms with Gasteiger partial charge in [0.05, 0.1) is 19.2 Å². The van der Waals surface area contributed by atoms with Crippen molar-refractivity contribution in [2.75, 3.05) is 0 Å². The molecule has 196 valence electrons. The molecular formula is C38H22N2OS. The Labute approximate surface area is 265 Å². The van der Waals surface area contributed by atoms with E-state index in [1.54, 1.807) is 42.5 Å². The maximum Gasteiger partial charge on any atom is 0.180 e. The lowest BCUT2D eigenvalue weighted by Gasteiger charge is -2.07. The summed E-state index contributed by atoms with van der Waals surface area (Å²) in [7, 11) is 0. The Hall–Kier alpha value is -5.32. The molecule has 0 aliphatic carbocycles. The Morgan fingerprint density at radius 2 is 1.50 bits per heavy atom. The van der Waals surface area contributed by atoms with Gasteiger partial charge in [0.2, 0.25) is 0 Å². The average molecular weight is 569 g/mol. The van der Waals surface area contributed by atoms with Crippen molar-refractivity contribution in [3.05, 3.63) is 133 Å². The fourth-order valence-electron chi connectivity index (χ4n) is 5.22. The topological polar surface area (TPSA) is 38.9 Å². The van der Waals surface area contributed by atoms with Gasteiger partial charge in [0.1, 0.15) is 23.1 Å². The largest absolute Gasteiger partial charge is 0.452 e. The normalized spacial score (nSPS) is 16.5. The minimum Gasteiger partial charge on any atom is -0.452 e. The Bertz CT molecular complexity index is 3270. The van der Waals surface area contributed by atoms with Crippen molar-refractivity contribution in [1.82, 2.24) is 9.97 Å². The number of aromatic nitrogens is 2. The van der Waals surface area contributed by atoms with E-state index in [0.29, 0.717) is 43.6 Å². The molecule has 0 saturated carbocycles. The number of fused-ring (bicyclic) bond motifs is 7. The lowest BCUT2D eigenvalue weighted by atomic mass is 9.99. The van der Waals surface area contributed by atoms with E-state index < -0.39 is 48.3 Å². The molecule has 0 aliphatic rings. The summed E-state index contributed by atoms with van der Waals surface area (Å²) in [5.74, 6) is 0. The van der Waals surface area contributed by atoms with Gasteiger partial charge in [-0.2, -0.15) is 0 Å². The van der Waals surface area contributed by atoms with E-state index in [1.807, 2.05) is 0 Å². The number of rotatable bonds is 3. The van der Waals surface area contributed by atoms with Crippen molar-refractivity contribution in [2.45, 2.75) is 0 Å². The molecule has 0 amide bonds. The lowest BCUT2D eigenvalue weighted by Crippen LogP contribution is -1.88. The van der Waals surface area contributed by atoms with Gasteiger partial charge in [-0.25, -0.2) is 9.97 Å². The average Bonchev–Trinajstić information content (AvgIpc) is 3.77. The minimum absolute atomic E-state index is 0.00458. The van der Waals surface area contributed by atoms with Crippen molar-refractivity contribution in [3.8, 4) is 33.5 Å². The van der Waals surface area contributed by atoms with Crippen LogP contribution in [0.5, 0.6) is 0 Å². The van der Waals surface area contributed by atoms with E-state index in [-0.39, 0.29) is 79.2 Å². The summed E-state index contributed by atoms with van der Waals surface area (Å²) in [6.07, 6.45) is 1.34. The molecule has 0 atom stereocenters. The number of hydrogen-bond donors (Lipinski definition) is 0. The molecule has 3 nitrogen and oxygen atoms in total. The summed E-state index contributed by atoms with van der Waals surface area (Å²) in [5.41, 5.74) is 3.06. The van der Waals surface area contributed by atoms with Crippen LogP contribution in [-0.2, 0) is 0 Å². The summed E-state index contributed by atoms with van der Waals surface area (Å²) in [6, 6.07) is 6.26. The van der Waals surface area contributed by atoms with E-state index in [2.05, 4.69) is 9.97 Å². The predicted molar refractivity (Wildman–Crippen MR) is 176 cm³/mol. The van der Waals surface area contributed by atoms with Gasteiger partial charge < -0.3 is 4.42 Å². The fourth-order valence-corrected chi connectivity index (χ4v) is 6.30. The highest BCUT2D eigenvalue weighted by Crippen LogP contribution is 2.41. The molecule has 42 heavy (non-hydrogen) atoms. The van der Waals surface area contributed by atoms with Gasteiger partial charge in [-0.05, 0) is 63.3 Å². The van der Waals surface area contributed by atoms with Crippen LogP contribution in [0.2, 0.25) is 0 Å². The molecule has 0 bridgehead atoms. The molecule has 9 rings (SSSR count). The summed E-state index contributed by atoms with van der Waals surface area (Å²) in [5, 5.41) is 0.438. The second kappa shape index (κ2) is 9.10. The van der Waals surface area contributed by atoms with Gasteiger partial charge in [-0.3, -0.25) is 0 Å². The van der Waals surface area contributed by atoms with Crippen LogP contribution in [0.4, 0.5) is 0 Å². The Balaban J connectivity index is 1.23. The standard InChI is InChI=1S/C38H22N2OS/c1-2-8-24-19-25(16-15-23(24)7-1)26-17-18-33-32(21-26)36-37(41-33)35(39-22-40-36)28-10-5-9-27(20-28)29-12-6-13-31-30-11-3-4-14-34(30)42-38(29)31/h1-22H/i1D,2D,3D,4D,6D,7D,8D,11D,12D,13D,14D,15D,16D,19D. The van der Waals surface area contributed by atoms with Crippen molar-refractivity contribution >= 4 is 64.4 Å². The van der Waals surface area contributed by atoms with Crippen molar-refractivity contribution in [3.63, 3.8) is 0 Å². The monoisotopic (exact) mass is 568 g/mol. The second-order valence-electron chi connectivity index (χ2n) is 9.55. The maximum absolute atomic E-state index is 8.98. The molecule has 0 unspecified atom stereocenters. The van der Waals surface area contributed by atoms with Crippen LogP contribution >= 0.6 is 11.3 Å². The highest BCUT2D eigenvalue weighted by atomic mass is 32.1. The maximum atomic E-state index is 8.98. The van der Waals surface area contributed by atoms with Crippen LogP contribution in [0.1, 0.15) is 19.2 Å². The van der Waals surface area contributed by atoms with Crippen molar-refractivity contribution in [1.29, 1.82) is 0 Å². The molecule has 0 spiro atoms. The van der Waals surface area contributed by atoms with Crippen LogP contribution in [-0.4, -0.2) is 9.97 Å². The van der Waals surface area contributed by atoms with Gasteiger partial charge >= 0.3 is 0 Å². The first-order valence-corrected chi connectivity index (χ1v) is 13.7. The third-order valence-corrected chi connectivity index (χ3v) is 8.27. The van der Waals surface area contributed by atoms with Gasteiger partial charge in [-0.15, -0.1) is 11.3 Å². The number of thiophene rings is 1. The predicted octanol–water partition coefficient (Wildman–Crippen LogP) is 10.9. The van der Waals surface area contributed by atoms with E-state index in [9.17, 15) is 0 Å². The highest BCUT2D eigenvalue weighted by Gasteiger charge is 2.17. The van der Waals surface area contributed by atoms with Gasteiger partial charge in [0.15, 0.2) is 5.58 Å². The smallest absolute Gasteiger partial charge is 0.180 e. The molecule has 6 aromatic carbocycles. The van der Waals surface area contributed by atoms with Crippen molar-refractivity contribution in [2.24, 2.45) is 0 Å². The highest BCUT2D eigenvalue weighted by molar-refractivity contribution is 7.26. The number of nitrogens with zero attached hydrogens (tertiary/aromatic N) is 2. The summed E-state index contributed by atoms with van der Waals surface area (Å²) in [4.78, 5) is 9.01. The third-order valence-electron chi connectivity index (χ3n) is 7.15. The molecule has 0 aliphatic heterocycles. The van der Waals surface area contributed by atoms with Crippen molar-refractivity contribution < 1.29 is 23.6 Å². The Morgan fingerprint density at radius 1 is 0.643 bits per heavy atom. The molecule has 0 saturated heterocycles. The molecule has 3 aromatic heterocycles. The van der Waals surface area contributed by atoms with E-state index in [4.69, 9.17) is 23.6 Å². The van der Waals surface area contributed by atoms with Crippen LogP contribution in [0, 0.1) is 0 Å². The molecule has 0 N–H and O–H groups in total. The summed E-state index contributed by atoms with van der Waals surface area (Å²) in [6.45, 7) is 0. The number of benzene rings is 6. The summed E-state index contributed by atoms with van der Waals surface area (Å²) < 4.78 is 126. The van der Waals surface area contributed by atoms with Gasteiger partial charge in [0, 0.05) is 31.1 Å². The first-order chi connectivity index (χ1) is 26.6. The zero-order valence-corrected chi connectivity index (χ0v) is 22.1. The third kappa shape index (κ3) is 3.59. The zero-order valence-electron chi connectivity index (χ0n) is 35.3. The number of hydrogen-bond acceptors (Lipinski definition) is 4. The lowest BCUT2D eigenvalue weighted by molar-refractivity contribution is 0.667. The molecule has 0 radical (unpaired) electrons. The Morgan fingerprint density at radius 3 is 2.48 bits per heavy atom. The molecule has 0 fully saturated rings. The van der Waals surface area contributed by atoms with Crippen LogP contribution in [0.25, 0.3) is 86.5 Å². The molecule has 4 heteroatoms. The Kier molecular flexibility index (Phi) is 2.94. The van der Waals surface area contributed by atoms with E-state index in [1.165, 1.54) is 6.33 Å². The first kappa shape index (κ1) is 13.6. The van der Waals surface area contributed by atoms with E-state index in [0.717, 1.165) is 11.3 Å². The quantitative estimate of drug-likeness (QED) is 0.213. The molecule has 9 aromatic rings. The zero-order chi connectivity index (χ0) is 39.8. The van der Waals surface area contributed by atoms with Crippen LogP contribution in [0.15, 0.2) is 138 Å². The fraction of sp³-hybridized carbons (Fsp3) is 0. The molecule has 3 heterocycles.